The van der Waals surface area contributed by atoms with Crippen molar-refractivity contribution in [1.82, 2.24) is 10.2 Å². The molecule has 2 heterocycles. The number of benzene rings is 3. The van der Waals surface area contributed by atoms with Gasteiger partial charge in [-0.1, -0.05) is 71.1 Å². The summed E-state index contributed by atoms with van der Waals surface area (Å²) >= 11 is 2.41. The third-order valence-electron chi connectivity index (χ3n) is 6.51. The maximum atomic E-state index is 14.1. The normalized spacial score (nSPS) is 16.5. The molecule has 1 aromatic heterocycles. The Morgan fingerprint density at radius 3 is 2.55 bits per heavy atom. The highest BCUT2D eigenvalue weighted by Gasteiger charge is 2.48. The van der Waals surface area contributed by atoms with Crippen LogP contribution in [-0.2, 0) is 15.3 Å². The zero-order valence-corrected chi connectivity index (χ0v) is 23.7. The summed E-state index contributed by atoms with van der Waals surface area (Å²) in [6, 6.07) is 18.1. The van der Waals surface area contributed by atoms with Crippen molar-refractivity contribution >= 4 is 45.7 Å². The van der Waals surface area contributed by atoms with Gasteiger partial charge in [-0.15, -0.1) is 10.2 Å². The molecule has 204 valence electrons. The molecule has 5 rings (SSSR count). The highest BCUT2D eigenvalue weighted by atomic mass is 32.2. The van der Waals surface area contributed by atoms with Crippen LogP contribution < -0.4 is 9.64 Å². The number of hydrogen-bond donors (Lipinski definition) is 1. The highest BCUT2D eigenvalue weighted by molar-refractivity contribution is 8.00. The van der Waals surface area contributed by atoms with E-state index in [0.29, 0.717) is 39.1 Å². The van der Waals surface area contributed by atoms with Gasteiger partial charge in [0.25, 0.3) is 5.78 Å². The smallest absolute Gasteiger partial charge is 0.301 e. The van der Waals surface area contributed by atoms with Gasteiger partial charge in [-0.2, -0.15) is 0 Å². The number of aromatic nitrogens is 2. The highest BCUT2D eigenvalue weighted by Crippen LogP contribution is 2.44. The summed E-state index contributed by atoms with van der Waals surface area (Å²) in [7, 11) is 0. The molecule has 1 aliphatic heterocycles. The molecule has 0 spiro atoms. The summed E-state index contributed by atoms with van der Waals surface area (Å²) in [5, 5.41) is 20.1. The average molecular weight is 576 g/mol. The van der Waals surface area contributed by atoms with E-state index in [4.69, 9.17) is 4.74 Å². The number of carbonyl (C=O) groups excluding carboxylic acids is 2. The van der Waals surface area contributed by atoms with E-state index in [1.807, 2.05) is 32.9 Å². The Hall–Kier alpha value is -4.02. The van der Waals surface area contributed by atoms with Gasteiger partial charge < -0.3 is 9.84 Å². The number of hydrogen-bond acceptors (Lipinski definition) is 8. The minimum atomic E-state index is -0.937. The van der Waals surface area contributed by atoms with Crippen LogP contribution in [0.2, 0.25) is 0 Å². The molecule has 1 fully saturated rings. The van der Waals surface area contributed by atoms with Gasteiger partial charge in [-0.25, -0.2) is 4.39 Å². The molecule has 0 bridgehead atoms. The number of thioether (sulfide) groups is 1. The summed E-state index contributed by atoms with van der Waals surface area (Å²) in [6.45, 7) is 6.09. The van der Waals surface area contributed by atoms with Crippen LogP contribution in [0.4, 0.5) is 9.52 Å². The number of ketones is 1. The third-order valence-corrected chi connectivity index (χ3v) is 8.62. The number of nitrogens with zero attached hydrogens (tertiary/aromatic N) is 3. The number of amides is 1. The van der Waals surface area contributed by atoms with E-state index < -0.39 is 17.7 Å². The first-order chi connectivity index (χ1) is 19.3. The van der Waals surface area contributed by atoms with E-state index in [2.05, 4.69) is 10.2 Å². The van der Waals surface area contributed by atoms with Crippen molar-refractivity contribution in [1.29, 1.82) is 0 Å². The molecule has 0 radical (unpaired) electrons. The molecule has 1 amide bonds. The van der Waals surface area contributed by atoms with Crippen molar-refractivity contribution in [3.63, 3.8) is 0 Å². The molecular formula is C30H26FN3O4S2. The summed E-state index contributed by atoms with van der Waals surface area (Å²) < 4.78 is 20.2. The molecule has 1 atom stereocenters. The second kappa shape index (κ2) is 11.6. The monoisotopic (exact) mass is 575 g/mol. The van der Waals surface area contributed by atoms with Crippen LogP contribution in [0.15, 0.2) is 76.6 Å². The molecule has 1 unspecified atom stereocenters. The number of aliphatic hydroxyl groups is 1. The predicted molar refractivity (Wildman–Crippen MR) is 154 cm³/mol. The molecule has 40 heavy (non-hydrogen) atoms. The Morgan fingerprint density at radius 1 is 1.07 bits per heavy atom. The minimum Gasteiger partial charge on any atom is -0.507 e. The number of aliphatic hydroxyl groups excluding tert-OH is 1. The number of ether oxygens (including phenoxy) is 1. The molecule has 4 aromatic rings. The standard InChI is InChI=1S/C30H26FN3O4S2/c1-4-38-21-13-11-19(12-14-21)25-24(26(35)22-15-17(2)9-10-18(22)3)27(36)28(37)34(25)29-32-33-30(40-29)39-16-20-7-5-6-8-23(20)31/h5-15,25,35H,4,16H2,1-3H3. The first kappa shape index (κ1) is 27.5. The summed E-state index contributed by atoms with van der Waals surface area (Å²) in [4.78, 5) is 28.2. The number of aryl methyl sites for hydroxylation is 2. The van der Waals surface area contributed by atoms with Gasteiger partial charge in [0, 0.05) is 11.3 Å². The fraction of sp³-hybridized carbons (Fsp3) is 0.200. The van der Waals surface area contributed by atoms with Gasteiger partial charge in [-0.3, -0.25) is 14.5 Å². The predicted octanol–water partition coefficient (Wildman–Crippen LogP) is 6.61. The Balaban J connectivity index is 1.57. The fourth-order valence-electron chi connectivity index (χ4n) is 4.51. The molecule has 7 nitrogen and oxygen atoms in total. The van der Waals surface area contributed by atoms with Gasteiger partial charge in [0.15, 0.2) is 4.34 Å². The maximum Gasteiger partial charge on any atom is 0.301 e. The number of Topliss-reactive ketones (excluding diaryl/α,β-unsaturated/α-hetero) is 1. The number of carbonyl (C=O) groups is 2. The Labute approximate surface area is 239 Å². The van der Waals surface area contributed by atoms with Gasteiger partial charge in [-0.05, 0) is 61.7 Å². The molecule has 0 aliphatic carbocycles. The van der Waals surface area contributed by atoms with Crippen molar-refractivity contribution in [2.24, 2.45) is 0 Å². The zero-order valence-electron chi connectivity index (χ0n) is 22.1. The van der Waals surface area contributed by atoms with Crippen LogP contribution >= 0.6 is 23.1 Å². The van der Waals surface area contributed by atoms with Crippen molar-refractivity contribution in [3.05, 3.63) is 106 Å². The van der Waals surface area contributed by atoms with Crippen molar-refractivity contribution in [2.75, 3.05) is 11.5 Å². The lowest BCUT2D eigenvalue weighted by atomic mass is 9.93. The van der Waals surface area contributed by atoms with Gasteiger partial charge in [0.2, 0.25) is 5.13 Å². The topological polar surface area (TPSA) is 92.6 Å². The number of halogens is 1. The minimum absolute atomic E-state index is 0.0291. The summed E-state index contributed by atoms with van der Waals surface area (Å²) in [5.41, 5.74) is 3.24. The first-order valence-corrected chi connectivity index (χ1v) is 14.4. The zero-order chi connectivity index (χ0) is 28.4. The molecule has 10 heteroatoms. The molecule has 1 N–H and O–H groups in total. The summed E-state index contributed by atoms with van der Waals surface area (Å²) in [6.07, 6.45) is 0. The van der Waals surface area contributed by atoms with Gasteiger partial charge in [0.05, 0.1) is 18.2 Å². The Bertz CT molecular complexity index is 1620. The largest absolute Gasteiger partial charge is 0.507 e. The lowest BCUT2D eigenvalue weighted by molar-refractivity contribution is -0.132. The molecular weight excluding hydrogens is 549 g/mol. The maximum absolute atomic E-state index is 14.1. The Kier molecular flexibility index (Phi) is 7.99. The molecule has 0 saturated carbocycles. The van der Waals surface area contributed by atoms with E-state index in [1.165, 1.54) is 22.7 Å². The second-order valence-electron chi connectivity index (χ2n) is 9.22. The SMILES string of the molecule is CCOc1ccc(C2C(=C(O)c3cc(C)ccc3C)C(=O)C(=O)N2c2nnc(SCc3ccccc3F)s2)cc1. The van der Waals surface area contributed by atoms with Crippen molar-refractivity contribution < 1.29 is 23.8 Å². The van der Waals surface area contributed by atoms with Gasteiger partial charge in [0.1, 0.15) is 17.3 Å². The third kappa shape index (κ3) is 5.37. The van der Waals surface area contributed by atoms with Crippen LogP contribution in [0.1, 0.15) is 40.8 Å². The van der Waals surface area contributed by atoms with Gasteiger partial charge >= 0.3 is 5.91 Å². The fourth-order valence-corrected chi connectivity index (χ4v) is 6.36. The quantitative estimate of drug-likeness (QED) is 0.0831. The molecule has 1 saturated heterocycles. The lowest BCUT2D eigenvalue weighted by Crippen LogP contribution is -2.29. The second-order valence-corrected chi connectivity index (χ2v) is 11.4. The van der Waals surface area contributed by atoms with E-state index in [9.17, 15) is 19.1 Å². The van der Waals surface area contributed by atoms with Crippen molar-refractivity contribution in [3.8, 4) is 5.75 Å². The van der Waals surface area contributed by atoms with E-state index in [0.717, 1.165) is 22.5 Å². The van der Waals surface area contributed by atoms with E-state index in [-0.39, 0.29) is 22.3 Å². The van der Waals surface area contributed by atoms with Crippen LogP contribution in [0.5, 0.6) is 5.75 Å². The van der Waals surface area contributed by atoms with Crippen LogP contribution in [-0.4, -0.2) is 33.6 Å². The first-order valence-electron chi connectivity index (χ1n) is 12.6. The number of anilines is 1. The molecule has 1 aliphatic rings. The van der Waals surface area contributed by atoms with E-state index in [1.54, 1.807) is 48.5 Å². The lowest BCUT2D eigenvalue weighted by Gasteiger charge is -2.23. The van der Waals surface area contributed by atoms with Crippen LogP contribution in [0.25, 0.3) is 5.76 Å². The van der Waals surface area contributed by atoms with Crippen LogP contribution in [0, 0.1) is 19.7 Å². The summed E-state index contributed by atoms with van der Waals surface area (Å²) in [5.74, 6) is -1.22. The van der Waals surface area contributed by atoms with Crippen LogP contribution in [0.3, 0.4) is 0 Å². The molecule has 3 aromatic carbocycles. The van der Waals surface area contributed by atoms with E-state index >= 15 is 0 Å². The van der Waals surface area contributed by atoms with Crippen molar-refractivity contribution in [2.45, 2.75) is 36.9 Å². The Morgan fingerprint density at radius 2 is 1.82 bits per heavy atom. The number of rotatable bonds is 8. The average Bonchev–Trinajstić information content (AvgIpc) is 3.52.